The van der Waals surface area contributed by atoms with Crippen LogP contribution in [0.25, 0.3) is 0 Å². The summed E-state index contributed by atoms with van der Waals surface area (Å²) in [6.45, 7) is 14.5. The molecule has 113 heavy (non-hydrogen) atoms. The van der Waals surface area contributed by atoms with Gasteiger partial charge in [-0.25, -0.2) is 4.79 Å². The van der Waals surface area contributed by atoms with E-state index in [4.69, 9.17) is 17.2 Å². The number of carboxylic acids is 3. The molecule has 2 rings (SSSR count). The topological polar surface area (TPSA) is 653 Å². The number of carboxylic acid groups (broad SMARTS) is 3. The molecule has 0 spiro atoms. The van der Waals surface area contributed by atoms with Gasteiger partial charge in [0.25, 0.3) is 0 Å². The molecular weight excluding hydrogens is 1500 g/mol. The van der Waals surface area contributed by atoms with Gasteiger partial charge in [0, 0.05) is 25.9 Å². The lowest BCUT2D eigenvalue weighted by molar-refractivity contribution is -0.144. The fourth-order valence-corrected chi connectivity index (χ4v) is 12.6. The Bertz CT molecular complexity index is 3270. The summed E-state index contributed by atoms with van der Waals surface area (Å²) in [7, 11) is 0. The van der Waals surface area contributed by atoms with Crippen LogP contribution in [0, 0.1) is 23.7 Å². The molecule has 0 aromatic rings. The summed E-state index contributed by atoms with van der Waals surface area (Å²) in [5.41, 5.74) is 16.7. The summed E-state index contributed by atoms with van der Waals surface area (Å²) in [5.74, 6) is -18.9. The number of carbonyl (C=O) groups is 17. The average molecular weight is 1630 g/mol. The van der Waals surface area contributed by atoms with E-state index in [-0.39, 0.29) is 82.2 Å². The third kappa shape index (κ3) is 35.6. The van der Waals surface area contributed by atoms with Crippen molar-refractivity contribution in [3.63, 3.8) is 0 Å². The number of hydrogen-bond acceptors (Lipinski definition) is 23. The third-order valence-electron chi connectivity index (χ3n) is 18.8. The van der Waals surface area contributed by atoms with Gasteiger partial charge in [0.2, 0.25) is 82.7 Å². The highest BCUT2D eigenvalue weighted by Gasteiger charge is 2.42. The maximum absolute atomic E-state index is 14.4. The number of aliphatic carboxylic acids is 3. The lowest BCUT2D eigenvalue weighted by atomic mass is 9.98. The van der Waals surface area contributed by atoms with Gasteiger partial charge in [0.05, 0.1) is 25.3 Å². The molecule has 2 fully saturated rings. The SMILES string of the molecule is CC[C@H](C)[C@H](NC(=O)[C@H](CCC(=O)O)NC(=O)[C@@H](NC(=O)CNC(=O)[C@H](CCCCN)NC(=O)[C@@H]1CCCN1C(=O)[C@H](C)NC(=O)[C@H](CCC(=O)O)NC(=O)[C@H](CCSC)NC(=O)[C@@H](NC(=O)[C@H](CC(C)C)NC(=O)[C@H](CO)NC(=O)[C@H](CCCN=C(N)N)NC(=O)[C@@H](NC(=O)[C@@H]1CCCN1)[C@@H](C)O)C(C)C)C(C)C)C(=O)O. The summed E-state index contributed by atoms with van der Waals surface area (Å²) >= 11 is 1.28. The monoisotopic (exact) mass is 1630 g/mol. The highest BCUT2D eigenvalue weighted by molar-refractivity contribution is 7.98. The summed E-state index contributed by atoms with van der Waals surface area (Å²) < 4.78 is 0. The molecular formula is C71H123N19O22S. The van der Waals surface area contributed by atoms with Gasteiger partial charge in [-0.05, 0) is 146 Å². The summed E-state index contributed by atoms with van der Waals surface area (Å²) in [5, 5.41) is 85.3. The minimum Gasteiger partial charge on any atom is -0.481 e. The van der Waals surface area contributed by atoms with E-state index in [0.29, 0.717) is 38.6 Å². The Morgan fingerprint density at radius 3 is 1.50 bits per heavy atom. The van der Waals surface area contributed by atoms with E-state index < -0.39 is 248 Å². The van der Waals surface area contributed by atoms with Gasteiger partial charge < -0.3 is 122 Å². The number of guanidine groups is 1. The van der Waals surface area contributed by atoms with E-state index in [1.165, 1.54) is 30.5 Å². The van der Waals surface area contributed by atoms with Gasteiger partial charge in [0.1, 0.15) is 78.5 Å². The zero-order chi connectivity index (χ0) is 85.5. The lowest BCUT2D eigenvalue weighted by Gasteiger charge is -2.30. The zero-order valence-electron chi connectivity index (χ0n) is 66.4. The van der Waals surface area contributed by atoms with Crippen molar-refractivity contribution < 1.29 is 107 Å². The number of amides is 14. The van der Waals surface area contributed by atoms with Crippen molar-refractivity contribution >= 4 is 118 Å². The van der Waals surface area contributed by atoms with E-state index in [9.17, 15) is 107 Å². The second kappa shape index (κ2) is 51.2. The van der Waals surface area contributed by atoms with Crippen molar-refractivity contribution in [3.05, 3.63) is 0 Å². The summed E-state index contributed by atoms with van der Waals surface area (Å²) in [4.78, 5) is 235. The predicted molar refractivity (Wildman–Crippen MR) is 412 cm³/mol. The number of aliphatic hydroxyl groups is 2. The number of aliphatic imine (C=N–C) groups is 1. The molecule has 2 saturated heterocycles. The summed E-state index contributed by atoms with van der Waals surface area (Å²) in [6.07, 6.45) is 0.429. The molecule has 0 saturated carbocycles. The van der Waals surface area contributed by atoms with Crippen molar-refractivity contribution in [1.82, 2.24) is 79.3 Å². The molecule has 0 aromatic heterocycles. The maximum atomic E-state index is 14.4. The van der Waals surface area contributed by atoms with Gasteiger partial charge in [0.15, 0.2) is 5.96 Å². The average Bonchev–Trinajstić information content (AvgIpc) is 1.69. The number of carbonyl (C=O) groups excluding carboxylic acids is 14. The Balaban J connectivity index is 2.31. The Hall–Kier alpha value is -9.55. The Morgan fingerprint density at radius 2 is 1.00 bits per heavy atom. The second-order valence-corrected chi connectivity index (χ2v) is 30.3. The molecule has 0 aromatic carbocycles. The van der Waals surface area contributed by atoms with E-state index in [2.05, 4.69) is 79.4 Å². The molecule has 640 valence electrons. The van der Waals surface area contributed by atoms with Crippen molar-refractivity contribution in [3.8, 4) is 0 Å². The standard InChI is InChI=1S/C71H123N19O22S/c1-12-38(8)55(70(111)112)88-62(103)45(23-25-52(96)97)82-66(107)53(36(4)5)86-50(93)33-77-57(98)42(18-13-14-27-72)80-65(106)49-21-17-30-90(49)69(110)39(9)78-59(100)44(22-24-51(94)95)79-61(102)46(26-31-113-11)83-67(108)54(37(6)7)87-63(104)47(32-35(2)3)84-64(105)48(34-91)85-60(101)43(20-16-29-76-71(73)74)81-68(109)56(40(10)92)89-58(99)41-19-15-28-75-41/h35-49,53-56,75,91-92H,12-34,72H2,1-11H3,(H,77,98)(H,78,100)(H,79,102)(H,80,106)(H,81,109)(H,82,107)(H,83,108)(H,84,105)(H,85,101)(H,86,93)(H,87,104)(H,88,103)(H,89,99)(H,94,95)(H,96,97)(H,111,112)(H4,73,74,76)/t38-,39-,40+,41-,42-,43-,44-,45-,46-,47-,48-,49-,53-,54-,55-,56-/m0/s1. The van der Waals surface area contributed by atoms with Crippen molar-refractivity contribution in [2.24, 2.45) is 45.9 Å². The zero-order valence-corrected chi connectivity index (χ0v) is 67.3. The number of hydrogen-bond donors (Lipinski definition) is 22. The molecule has 0 radical (unpaired) electrons. The Morgan fingerprint density at radius 1 is 0.522 bits per heavy atom. The quantitative estimate of drug-likeness (QED) is 0.0153. The number of nitrogens with two attached hydrogens (primary N) is 3. The maximum Gasteiger partial charge on any atom is 0.326 e. The first kappa shape index (κ1) is 99.5. The largest absolute Gasteiger partial charge is 0.481 e. The molecule has 16 atom stereocenters. The van der Waals surface area contributed by atoms with Crippen LogP contribution in [0.3, 0.4) is 0 Å². The smallest absolute Gasteiger partial charge is 0.326 e. The number of aliphatic hydroxyl groups excluding tert-OH is 2. The molecule has 42 heteroatoms. The van der Waals surface area contributed by atoms with E-state index >= 15 is 0 Å². The molecule has 0 unspecified atom stereocenters. The highest BCUT2D eigenvalue weighted by Crippen LogP contribution is 2.21. The first-order valence-corrected chi connectivity index (χ1v) is 39.7. The number of nitrogens with zero attached hydrogens (tertiary/aromatic N) is 2. The van der Waals surface area contributed by atoms with Gasteiger partial charge in [-0.2, -0.15) is 11.8 Å². The number of rotatable bonds is 53. The van der Waals surface area contributed by atoms with Crippen molar-refractivity contribution in [2.75, 3.05) is 51.3 Å². The molecule has 0 bridgehead atoms. The fraction of sp³-hybridized carbons (Fsp3) is 0.746. The molecule has 2 heterocycles. The number of thioether (sulfide) groups is 1. The van der Waals surface area contributed by atoms with E-state index in [0.717, 1.165) is 0 Å². The number of likely N-dealkylation sites (tertiary alicyclic amines) is 1. The van der Waals surface area contributed by atoms with Crippen LogP contribution in [0.4, 0.5) is 0 Å². The summed E-state index contributed by atoms with van der Waals surface area (Å²) in [6, 6.07) is -19.6. The van der Waals surface area contributed by atoms with Gasteiger partial charge in [-0.3, -0.25) is 81.7 Å². The minimum absolute atomic E-state index is 0.00219. The van der Waals surface area contributed by atoms with E-state index in [1.54, 1.807) is 61.6 Å². The minimum atomic E-state index is -1.76. The van der Waals surface area contributed by atoms with Crippen molar-refractivity contribution in [1.29, 1.82) is 0 Å². The van der Waals surface area contributed by atoms with Crippen LogP contribution < -0.4 is 91.6 Å². The first-order chi connectivity index (χ1) is 53.1. The van der Waals surface area contributed by atoms with Crippen LogP contribution in [-0.2, 0) is 81.5 Å². The fourth-order valence-electron chi connectivity index (χ4n) is 12.1. The second-order valence-electron chi connectivity index (χ2n) is 29.4. The third-order valence-corrected chi connectivity index (χ3v) is 19.5. The van der Waals surface area contributed by atoms with Gasteiger partial charge >= 0.3 is 17.9 Å². The van der Waals surface area contributed by atoms with E-state index in [1.807, 2.05) is 0 Å². The molecule has 0 aliphatic carbocycles. The van der Waals surface area contributed by atoms with Crippen LogP contribution in [-0.4, -0.2) is 279 Å². The van der Waals surface area contributed by atoms with Crippen LogP contribution in [0.5, 0.6) is 0 Å². The number of unbranched alkanes of at least 4 members (excludes halogenated alkanes) is 1. The lowest BCUT2D eigenvalue weighted by Crippen LogP contribution is -2.62. The van der Waals surface area contributed by atoms with Crippen LogP contribution in [0.2, 0.25) is 0 Å². The van der Waals surface area contributed by atoms with Crippen LogP contribution in [0.15, 0.2) is 4.99 Å². The van der Waals surface area contributed by atoms with Crippen LogP contribution >= 0.6 is 11.8 Å². The molecule has 2 aliphatic heterocycles. The molecule has 2 aliphatic rings. The molecule has 41 nitrogen and oxygen atoms in total. The molecule has 14 amide bonds. The van der Waals surface area contributed by atoms with Crippen LogP contribution in [0.1, 0.15) is 172 Å². The first-order valence-electron chi connectivity index (χ1n) is 38.3. The highest BCUT2D eigenvalue weighted by atomic mass is 32.2. The predicted octanol–water partition coefficient (Wildman–Crippen LogP) is -5.79. The van der Waals surface area contributed by atoms with Gasteiger partial charge in [-0.1, -0.05) is 61.8 Å². The number of nitrogens with one attached hydrogen (secondary N) is 14. The van der Waals surface area contributed by atoms with Crippen molar-refractivity contribution in [2.45, 2.75) is 263 Å². The molecule has 25 N–H and O–H groups in total. The Kier molecular flexibility index (Phi) is 45.1. The van der Waals surface area contributed by atoms with Gasteiger partial charge in [-0.15, -0.1) is 0 Å². The Labute approximate surface area is 661 Å². The normalized spacial score (nSPS) is 17.7.